The van der Waals surface area contributed by atoms with Gasteiger partial charge in [-0.15, -0.1) is 0 Å². The fourth-order valence-corrected chi connectivity index (χ4v) is 6.13. The summed E-state index contributed by atoms with van der Waals surface area (Å²) in [6.45, 7) is 2.08. The summed E-state index contributed by atoms with van der Waals surface area (Å²) in [6, 6.07) is 9.24. The number of carbonyl (C=O) groups excluding carboxylic acids is 1. The number of aryl methyl sites for hydroxylation is 1. The summed E-state index contributed by atoms with van der Waals surface area (Å²) in [5.41, 5.74) is 3.61. The molecule has 33 heavy (non-hydrogen) atoms. The Morgan fingerprint density at radius 1 is 1.18 bits per heavy atom. The second-order valence-electron chi connectivity index (χ2n) is 8.89. The third-order valence-electron chi connectivity index (χ3n) is 6.41. The van der Waals surface area contributed by atoms with Crippen LogP contribution in [0.4, 0.5) is 0 Å². The average Bonchev–Trinajstić information content (AvgIpc) is 3.52. The molecule has 1 aliphatic carbocycles. The lowest BCUT2D eigenvalue weighted by Gasteiger charge is -2.12. The Balaban J connectivity index is 1.42. The van der Waals surface area contributed by atoms with Crippen molar-refractivity contribution in [2.24, 2.45) is 0 Å². The van der Waals surface area contributed by atoms with Gasteiger partial charge in [-0.05, 0) is 49.9 Å². The number of nitrogens with zero attached hydrogens (tertiary/aromatic N) is 3. The van der Waals surface area contributed by atoms with Crippen molar-refractivity contribution in [1.29, 1.82) is 0 Å². The fourth-order valence-electron chi connectivity index (χ4n) is 4.44. The Morgan fingerprint density at radius 3 is 2.58 bits per heavy atom. The summed E-state index contributed by atoms with van der Waals surface area (Å²) in [5, 5.41) is 5.27. The lowest BCUT2D eigenvalue weighted by molar-refractivity contribution is 0.0511. The van der Waals surface area contributed by atoms with Crippen LogP contribution in [0.25, 0.3) is 11.0 Å². The van der Waals surface area contributed by atoms with Crippen LogP contribution in [0.3, 0.4) is 0 Å². The van der Waals surface area contributed by atoms with E-state index >= 15 is 0 Å². The SMILES string of the molecule is COc1ccc(CCOC(=O)c2cc(C3CC3)nc3c2c(C)nn3C2CCS(=O)(=O)C2)cc1. The van der Waals surface area contributed by atoms with Crippen LogP contribution in [0.5, 0.6) is 5.75 Å². The lowest BCUT2D eigenvalue weighted by atomic mass is 10.1. The number of methoxy groups -OCH3 is 1. The highest BCUT2D eigenvalue weighted by atomic mass is 32.2. The van der Waals surface area contributed by atoms with Crippen molar-refractivity contribution in [1.82, 2.24) is 14.8 Å². The molecule has 3 aromatic rings. The quantitative estimate of drug-likeness (QED) is 0.489. The van der Waals surface area contributed by atoms with Gasteiger partial charge < -0.3 is 9.47 Å². The van der Waals surface area contributed by atoms with Crippen molar-refractivity contribution >= 4 is 26.8 Å². The molecular weight excluding hydrogens is 442 g/mol. The number of sulfone groups is 1. The number of benzene rings is 1. The van der Waals surface area contributed by atoms with E-state index in [2.05, 4.69) is 5.10 Å². The zero-order valence-corrected chi connectivity index (χ0v) is 19.6. The number of rotatable bonds is 7. The second kappa shape index (κ2) is 8.44. The van der Waals surface area contributed by atoms with Gasteiger partial charge >= 0.3 is 5.97 Å². The Morgan fingerprint density at radius 2 is 1.94 bits per heavy atom. The van der Waals surface area contributed by atoms with Crippen LogP contribution in [-0.4, -0.2) is 54.4 Å². The maximum absolute atomic E-state index is 13.1. The van der Waals surface area contributed by atoms with Crippen molar-refractivity contribution in [2.75, 3.05) is 25.2 Å². The van der Waals surface area contributed by atoms with Gasteiger partial charge in [0.15, 0.2) is 15.5 Å². The summed E-state index contributed by atoms with van der Waals surface area (Å²) >= 11 is 0. The van der Waals surface area contributed by atoms with Crippen molar-refractivity contribution in [3.05, 3.63) is 52.8 Å². The second-order valence-corrected chi connectivity index (χ2v) is 11.1. The molecule has 2 aromatic heterocycles. The molecule has 0 N–H and O–H groups in total. The largest absolute Gasteiger partial charge is 0.497 e. The van der Waals surface area contributed by atoms with Crippen LogP contribution in [0.2, 0.25) is 0 Å². The topological polar surface area (TPSA) is 100 Å². The summed E-state index contributed by atoms with van der Waals surface area (Å²) in [7, 11) is -1.45. The molecule has 8 nitrogen and oxygen atoms in total. The van der Waals surface area contributed by atoms with Crippen LogP contribution < -0.4 is 4.74 Å². The van der Waals surface area contributed by atoms with Gasteiger partial charge in [0.25, 0.3) is 0 Å². The number of ether oxygens (including phenoxy) is 2. The first-order chi connectivity index (χ1) is 15.8. The summed E-state index contributed by atoms with van der Waals surface area (Å²) in [4.78, 5) is 18.0. The summed E-state index contributed by atoms with van der Waals surface area (Å²) in [6.07, 6.45) is 3.18. The minimum atomic E-state index is -3.07. The maximum atomic E-state index is 13.1. The molecule has 0 radical (unpaired) electrons. The molecule has 1 saturated heterocycles. The normalized spacial score (nSPS) is 19.6. The molecule has 174 valence electrons. The van der Waals surface area contributed by atoms with Gasteiger partial charge in [-0.3, -0.25) is 0 Å². The molecule has 2 aliphatic rings. The maximum Gasteiger partial charge on any atom is 0.339 e. The predicted octanol–water partition coefficient (Wildman–Crippen LogP) is 3.38. The first-order valence-electron chi connectivity index (χ1n) is 11.2. The molecule has 9 heteroatoms. The molecule has 0 spiro atoms. The molecule has 1 aliphatic heterocycles. The van der Waals surface area contributed by atoms with E-state index in [4.69, 9.17) is 14.5 Å². The van der Waals surface area contributed by atoms with Gasteiger partial charge in [0.05, 0.1) is 47.9 Å². The molecule has 1 atom stereocenters. The fraction of sp³-hybridized carbons (Fsp3) is 0.458. The molecule has 1 unspecified atom stereocenters. The number of pyridine rings is 1. The standard InChI is InChI=1S/C24H27N3O5S/c1-15-22-20(24(28)32-11-9-16-3-7-19(31-2)8-4-16)13-21(17-5-6-17)25-23(22)27(26-15)18-10-12-33(29,30)14-18/h3-4,7-8,13,17-18H,5-6,9-12,14H2,1-2H3. The van der Waals surface area contributed by atoms with Crippen LogP contribution >= 0.6 is 0 Å². The number of carbonyl (C=O) groups is 1. The highest BCUT2D eigenvalue weighted by molar-refractivity contribution is 7.91. The van der Waals surface area contributed by atoms with Gasteiger partial charge in [0, 0.05) is 18.0 Å². The predicted molar refractivity (Wildman–Crippen MR) is 124 cm³/mol. The highest BCUT2D eigenvalue weighted by Gasteiger charge is 2.34. The average molecular weight is 470 g/mol. The smallest absolute Gasteiger partial charge is 0.339 e. The van der Waals surface area contributed by atoms with Crippen molar-refractivity contribution < 1.29 is 22.7 Å². The van der Waals surface area contributed by atoms with E-state index in [1.165, 1.54) is 0 Å². The van der Waals surface area contributed by atoms with Gasteiger partial charge in [-0.25, -0.2) is 22.9 Å². The minimum Gasteiger partial charge on any atom is -0.497 e. The van der Waals surface area contributed by atoms with Crippen molar-refractivity contribution in [3.63, 3.8) is 0 Å². The number of aromatic nitrogens is 3. The van der Waals surface area contributed by atoms with Gasteiger partial charge in [-0.1, -0.05) is 12.1 Å². The Bertz CT molecular complexity index is 1310. The third-order valence-corrected chi connectivity index (χ3v) is 8.16. The van der Waals surface area contributed by atoms with Gasteiger partial charge in [0.2, 0.25) is 0 Å². The minimum absolute atomic E-state index is 0.0558. The Hall–Kier alpha value is -2.94. The number of fused-ring (bicyclic) bond motifs is 1. The van der Waals surface area contributed by atoms with Crippen molar-refractivity contribution in [3.8, 4) is 5.75 Å². The lowest BCUT2D eigenvalue weighted by Crippen LogP contribution is -2.14. The van der Waals surface area contributed by atoms with E-state index in [9.17, 15) is 13.2 Å². The summed E-state index contributed by atoms with van der Waals surface area (Å²) < 4.78 is 36.6. The molecule has 5 rings (SSSR count). The Labute approximate surface area is 192 Å². The molecule has 0 amide bonds. The van der Waals surface area contributed by atoms with E-state index in [0.717, 1.165) is 29.8 Å². The van der Waals surface area contributed by atoms with Crippen LogP contribution in [-0.2, 0) is 21.0 Å². The highest BCUT2D eigenvalue weighted by Crippen LogP contribution is 2.41. The molecule has 0 bridgehead atoms. The van der Waals surface area contributed by atoms with E-state index in [1.807, 2.05) is 37.3 Å². The van der Waals surface area contributed by atoms with Crippen molar-refractivity contribution in [2.45, 2.75) is 44.6 Å². The molecule has 1 aromatic carbocycles. The number of esters is 1. The number of hydrogen-bond donors (Lipinski definition) is 0. The zero-order valence-electron chi connectivity index (χ0n) is 18.8. The Kier molecular flexibility index (Phi) is 5.60. The van der Waals surface area contributed by atoms with E-state index in [0.29, 0.717) is 41.1 Å². The van der Waals surface area contributed by atoms with Crippen LogP contribution in [0, 0.1) is 6.92 Å². The van der Waals surface area contributed by atoms with Gasteiger partial charge in [0.1, 0.15) is 5.75 Å². The van der Waals surface area contributed by atoms with E-state index < -0.39 is 15.8 Å². The molecule has 3 heterocycles. The van der Waals surface area contributed by atoms with E-state index in [1.54, 1.807) is 11.8 Å². The summed E-state index contributed by atoms with van der Waals surface area (Å²) in [5.74, 6) is 0.918. The van der Waals surface area contributed by atoms with Crippen LogP contribution in [0.1, 0.15) is 58.5 Å². The first kappa shape index (κ1) is 21.9. The van der Waals surface area contributed by atoms with Gasteiger partial charge in [-0.2, -0.15) is 5.10 Å². The molecular formula is C24H27N3O5S. The molecule has 2 fully saturated rings. The third kappa shape index (κ3) is 4.46. The molecule has 1 saturated carbocycles. The number of hydrogen-bond acceptors (Lipinski definition) is 7. The van der Waals surface area contributed by atoms with E-state index in [-0.39, 0.29) is 24.2 Å². The monoisotopic (exact) mass is 469 g/mol. The zero-order chi connectivity index (χ0) is 23.2. The first-order valence-corrected chi connectivity index (χ1v) is 13.1. The van der Waals surface area contributed by atoms with Crippen LogP contribution in [0.15, 0.2) is 30.3 Å².